The number of amidine groups is 1. The molecule has 1 aromatic carbocycles. The highest BCUT2D eigenvalue weighted by Gasteiger charge is 2.39. The minimum atomic E-state index is -1.35. The van der Waals surface area contributed by atoms with E-state index in [1.807, 2.05) is 30.3 Å². The molecule has 5 heteroatoms. The molecular formula is C12H10N4O. The van der Waals surface area contributed by atoms with Crippen LogP contribution in [0.15, 0.2) is 50.3 Å². The van der Waals surface area contributed by atoms with E-state index in [1.165, 1.54) is 12.7 Å². The highest BCUT2D eigenvalue weighted by atomic mass is 16.3. The van der Waals surface area contributed by atoms with Crippen molar-refractivity contribution in [3.63, 3.8) is 0 Å². The molecule has 0 radical (unpaired) electrons. The van der Waals surface area contributed by atoms with Crippen LogP contribution in [-0.2, 0) is 6.42 Å². The summed E-state index contributed by atoms with van der Waals surface area (Å²) in [5.41, 5.74) is 0.0569. The van der Waals surface area contributed by atoms with Crippen LogP contribution in [0.4, 0.5) is 0 Å². The quantitative estimate of drug-likeness (QED) is 0.797. The molecule has 0 spiro atoms. The minimum absolute atomic E-state index is 0.367. The van der Waals surface area contributed by atoms with Crippen LogP contribution >= 0.6 is 0 Å². The maximum Gasteiger partial charge on any atom is 0.208 e. The van der Waals surface area contributed by atoms with Crippen LogP contribution < -0.4 is 0 Å². The molecule has 0 unspecified atom stereocenters. The third kappa shape index (κ3) is 1.70. The van der Waals surface area contributed by atoms with Gasteiger partial charge in [-0.1, -0.05) is 30.3 Å². The number of hydrogen-bond acceptors (Lipinski definition) is 5. The Morgan fingerprint density at radius 3 is 2.71 bits per heavy atom. The number of benzene rings is 1. The molecule has 0 saturated heterocycles. The van der Waals surface area contributed by atoms with E-state index in [0.717, 1.165) is 5.56 Å². The van der Waals surface area contributed by atoms with E-state index in [-0.39, 0.29) is 0 Å². The van der Waals surface area contributed by atoms with Crippen LogP contribution in [0, 0.1) is 0 Å². The number of hydrogen-bond donors (Lipinski definition) is 1. The normalized spacial score (nSPS) is 25.5. The summed E-state index contributed by atoms with van der Waals surface area (Å²) in [5, 5.41) is 10.5. The molecule has 0 amide bonds. The van der Waals surface area contributed by atoms with Gasteiger partial charge in [0.2, 0.25) is 5.72 Å². The standard InChI is InChI=1S/C12H10N4O/c17-12(6-9-4-2-1-3-5-9)10-11(14-7-13-10)15-8-16-12/h1-5,7-8,17H,6H2/t12-/m0/s1. The second-order valence-corrected chi connectivity index (χ2v) is 3.90. The van der Waals surface area contributed by atoms with Gasteiger partial charge >= 0.3 is 0 Å². The van der Waals surface area contributed by atoms with E-state index in [4.69, 9.17) is 0 Å². The van der Waals surface area contributed by atoms with Gasteiger partial charge in [-0.25, -0.2) is 20.0 Å². The molecule has 0 aliphatic carbocycles. The molecule has 2 heterocycles. The van der Waals surface area contributed by atoms with Gasteiger partial charge in [-0.3, -0.25) is 0 Å². The summed E-state index contributed by atoms with van der Waals surface area (Å²) in [5.74, 6) is 0.443. The van der Waals surface area contributed by atoms with Crippen molar-refractivity contribution in [2.24, 2.45) is 20.0 Å². The van der Waals surface area contributed by atoms with E-state index in [2.05, 4.69) is 20.0 Å². The smallest absolute Gasteiger partial charge is 0.208 e. The second kappa shape index (κ2) is 3.71. The molecule has 0 aromatic heterocycles. The Balaban J connectivity index is 1.93. The fourth-order valence-electron chi connectivity index (χ4n) is 1.89. The molecule has 1 aromatic rings. The van der Waals surface area contributed by atoms with Crippen LogP contribution in [0.2, 0.25) is 0 Å². The van der Waals surface area contributed by atoms with E-state index in [9.17, 15) is 5.11 Å². The zero-order valence-corrected chi connectivity index (χ0v) is 8.98. The van der Waals surface area contributed by atoms with Gasteiger partial charge in [-0.2, -0.15) is 0 Å². The van der Waals surface area contributed by atoms with E-state index >= 15 is 0 Å². The largest absolute Gasteiger partial charge is 0.364 e. The van der Waals surface area contributed by atoms with E-state index < -0.39 is 5.72 Å². The van der Waals surface area contributed by atoms with Gasteiger partial charge in [0.15, 0.2) is 5.84 Å². The summed E-state index contributed by atoms with van der Waals surface area (Å²) in [6.07, 6.45) is 3.09. The minimum Gasteiger partial charge on any atom is -0.364 e. The zero-order valence-electron chi connectivity index (χ0n) is 8.98. The van der Waals surface area contributed by atoms with Gasteiger partial charge in [0, 0.05) is 6.42 Å². The van der Waals surface area contributed by atoms with Crippen molar-refractivity contribution in [1.82, 2.24) is 0 Å². The number of rotatable bonds is 2. The van der Waals surface area contributed by atoms with Gasteiger partial charge in [-0.05, 0) is 5.56 Å². The summed E-state index contributed by atoms with van der Waals surface area (Å²) < 4.78 is 0. The fourth-order valence-corrected chi connectivity index (χ4v) is 1.89. The molecule has 17 heavy (non-hydrogen) atoms. The molecule has 1 N–H and O–H groups in total. The summed E-state index contributed by atoms with van der Waals surface area (Å²) >= 11 is 0. The number of aliphatic hydroxyl groups is 1. The van der Waals surface area contributed by atoms with Crippen LogP contribution in [0.5, 0.6) is 0 Å². The Bertz CT molecular complexity index is 559. The molecular weight excluding hydrogens is 216 g/mol. The molecule has 84 valence electrons. The average Bonchev–Trinajstić information content (AvgIpc) is 2.80. The number of nitrogens with zero attached hydrogens (tertiary/aromatic N) is 4. The maximum absolute atomic E-state index is 10.5. The van der Waals surface area contributed by atoms with Crippen LogP contribution in [0.1, 0.15) is 5.56 Å². The van der Waals surface area contributed by atoms with Crippen molar-refractivity contribution >= 4 is 24.2 Å². The molecule has 2 aliphatic heterocycles. The van der Waals surface area contributed by atoms with Crippen molar-refractivity contribution < 1.29 is 5.11 Å². The summed E-state index contributed by atoms with van der Waals surface area (Å²) in [7, 11) is 0. The summed E-state index contributed by atoms with van der Waals surface area (Å²) in [6.45, 7) is 0. The zero-order chi connectivity index (χ0) is 11.7. The summed E-state index contributed by atoms with van der Waals surface area (Å²) in [4.78, 5) is 16.0. The first-order valence-electron chi connectivity index (χ1n) is 5.27. The lowest BCUT2D eigenvalue weighted by molar-refractivity contribution is 0.125. The lowest BCUT2D eigenvalue weighted by atomic mass is 9.97. The third-order valence-corrected chi connectivity index (χ3v) is 2.70. The lowest BCUT2D eigenvalue weighted by Crippen LogP contribution is -2.44. The Labute approximate surface area is 98.0 Å². The first kappa shape index (κ1) is 10.0. The molecule has 0 fully saturated rings. The first-order valence-corrected chi connectivity index (χ1v) is 5.27. The summed E-state index contributed by atoms with van der Waals surface area (Å²) in [6, 6.07) is 9.66. The van der Waals surface area contributed by atoms with Crippen molar-refractivity contribution in [3.8, 4) is 0 Å². The highest BCUT2D eigenvalue weighted by Crippen LogP contribution is 2.22. The second-order valence-electron chi connectivity index (χ2n) is 3.90. The molecule has 3 rings (SSSR count). The van der Waals surface area contributed by atoms with E-state index in [1.54, 1.807) is 0 Å². The average molecular weight is 226 g/mol. The van der Waals surface area contributed by atoms with Crippen LogP contribution in [0.3, 0.4) is 0 Å². The van der Waals surface area contributed by atoms with Gasteiger partial charge < -0.3 is 5.11 Å². The van der Waals surface area contributed by atoms with Gasteiger partial charge in [0.05, 0.1) is 0 Å². The lowest BCUT2D eigenvalue weighted by Gasteiger charge is -2.25. The third-order valence-electron chi connectivity index (χ3n) is 2.70. The Morgan fingerprint density at radius 2 is 1.88 bits per heavy atom. The monoisotopic (exact) mass is 226 g/mol. The Morgan fingerprint density at radius 1 is 1.06 bits per heavy atom. The Kier molecular flexibility index (Phi) is 2.19. The number of fused-ring (bicyclic) bond motifs is 1. The van der Waals surface area contributed by atoms with Crippen molar-refractivity contribution in [2.75, 3.05) is 0 Å². The topological polar surface area (TPSA) is 69.7 Å². The number of aliphatic imine (C=N–C) groups is 4. The first-order chi connectivity index (χ1) is 8.28. The molecule has 5 nitrogen and oxygen atoms in total. The molecule has 0 saturated carbocycles. The van der Waals surface area contributed by atoms with Crippen LogP contribution in [0.25, 0.3) is 0 Å². The van der Waals surface area contributed by atoms with Crippen molar-refractivity contribution in [2.45, 2.75) is 12.1 Å². The van der Waals surface area contributed by atoms with E-state index in [0.29, 0.717) is 18.0 Å². The van der Waals surface area contributed by atoms with Gasteiger partial charge in [0.1, 0.15) is 18.4 Å². The fraction of sp³-hybridized carbons (Fsp3) is 0.167. The Hall–Kier alpha value is -2.14. The SMILES string of the molecule is O[C@]1(Cc2ccccc2)N=CN=C2N=CN=C21. The molecule has 1 atom stereocenters. The highest BCUT2D eigenvalue weighted by molar-refractivity contribution is 6.50. The van der Waals surface area contributed by atoms with Crippen molar-refractivity contribution in [1.29, 1.82) is 0 Å². The predicted molar refractivity (Wildman–Crippen MR) is 66.9 cm³/mol. The maximum atomic E-state index is 10.5. The van der Waals surface area contributed by atoms with Crippen molar-refractivity contribution in [3.05, 3.63) is 35.9 Å². The predicted octanol–water partition coefficient (Wildman–Crippen LogP) is 0.841. The van der Waals surface area contributed by atoms with Crippen LogP contribution in [-0.4, -0.2) is 35.1 Å². The van der Waals surface area contributed by atoms with Gasteiger partial charge in [0.25, 0.3) is 0 Å². The molecule has 0 bridgehead atoms. The molecule has 2 aliphatic rings. The van der Waals surface area contributed by atoms with Gasteiger partial charge in [-0.15, -0.1) is 0 Å².